The van der Waals surface area contributed by atoms with Crippen molar-refractivity contribution in [3.8, 4) is 0 Å². The average molecular weight is 234 g/mol. The molecule has 1 heterocycles. The monoisotopic (exact) mass is 233 g/mol. The van der Waals surface area contributed by atoms with Crippen molar-refractivity contribution in [3.63, 3.8) is 0 Å². The molecule has 80 valence electrons. The Labute approximate surface area is 93.9 Å². The Bertz CT molecular complexity index is 273. The second-order valence-corrected chi connectivity index (χ2v) is 5.06. The molecule has 0 aromatic carbocycles. The van der Waals surface area contributed by atoms with Crippen molar-refractivity contribution >= 4 is 22.9 Å². The van der Waals surface area contributed by atoms with Crippen molar-refractivity contribution in [2.45, 2.75) is 32.4 Å². The summed E-state index contributed by atoms with van der Waals surface area (Å²) < 4.78 is 0.811. The van der Waals surface area contributed by atoms with Crippen LogP contribution in [0.15, 0.2) is 12.1 Å². The summed E-state index contributed by atoms with van der Waals surface area (Å²) in [5, 5.41) is 12.4. The molecule has 0 aliphatic carbocycles. The maximum absolute atomic E-state index is 9.04. The summed E-state index contributed by atoms with van der Waals surface area (Å²) in [4.78, 5) is 1.21. The molecule has 14 heavy (non-hydrogen) atoms. The highest BCUT2D eigenvalue weighted by Crippen LogP contribution is 2.26. The average Bonchev–Trinajstić information content (AvgIpc) is 2.61. The zero-order valence-electron chi connectivity index (χ0n) is 8.46. The number of hydrogen-bond donors (Lipinski definition) is 2. The van der Waals surface area contributed by atoms with Gasteiger partial charge in [-0.15, -0.1) is 11.3 Å². The molecule has 0 saturated heterocycles. The first-order valence-electron chi connectivity index (χ1n) is 4.79. The van der Waals surface area contributed by atoms with Crippen molar-refractivity contribution in [2.24, 2.45) is 0 Å². The highest BCUT2D eigenvalue weighted by atomic mass is 35.5. The van der Waals surface area contributed by atoms with E-state index >= 15 is 0 Å². The first-order valence-corrected chi connectivity index (χ1v) is 5.99. The molecule has 0 saturated carbocycles. The number of halogens is 1. The van der Waals surface area contributed by atoms with Crippen LogP contribution in [-0.4, -0.2) is 17.8 Å². The summed E-state index contributed by atoms with van der Waals surface area (Å²) in [5.41, 5.74) is 0. The Morgan fingerprint density at radius 3 is 2.71 bits per heavy atom. The Morgan fingerprint density at radius 2 is 2.29 bits per heavy atom. The molecule has 0 aliphatic heterocycles. The standard InChI is InChI=1S/C10H16ClNOS/c1-3-8(6-13)12-7(2)9-4-5-10(11)14-9/h4-5,7-8,12-13H,3,6H2,1-2H3/t7-,8+/m0/s1. The molecule has 0 fully saturated rings. The number of rotatable bonds is 5. The number of aliphatic hydroxyl groups is 1. The fraction of sp³-hybridized carbons (Fsp3) is 0.600. The number of hydrogen-bond acceptors (Lipinski definition) is 3. The molecule has 0 radical (unpaired) electrons. The molecule has 0 spiro atoms. The van der Waals surface area contributed by atoms with Gasteiger partial charge in [-0.25, -0.2) is 0 Å². The van der Waals surface area contributed by atoms with Crippen molar-refractivity contribution < 1.29 is 5.11 Å². The fourth-order valence-corrected chi connectivity index (χ4v) is 2.37. The molecule has 2 nitrogen and oxygen atoms in total. The van der Waals surface area contributed by atoms with Gasteiger partial charge in [0.25, 0.3) is 0 Å². The molecular formula is C10H16ClNOS. The highest BCUT2D eigenvalue weighted by Gasteiger charge is 2.12. The molecule has 0 aliphatic rings. The van der Waals surface area contributed by atoms with Gasteiger partial charge in [0.2, 0.25) is 0 Å². The van der Waals surface area contributed by atoms with E-state index in [4.69, 9.17) is 16.7 Å². The Morgan fingerprint density at radius 1 is 1.57 bits per heavy atom. The lowest BCUT2D eigenvalue weighted by atomic mass is 10.2. The second-order valence-electron chi connectivity index (χ2n) is 3.32. The second kappa shape index (κ2) is 5.71. The molecule has 1 aromatic rings. The number of aliphatic hydroxyl groups excluding tert-OH is 1. The zero-order chi connectivity index (χ0) is 10.6. The van der Waals surface area contributed by atoms with E-state index in [1.165, 1.54) is 4.88 Å². The quantitative estimate of drug-likeness (QED) is 0.820. The third-order valence-electron chi connectivity index (χ3n) is 2.22. The smallest absolute Gasteiger partial charge is 0.0931 e. The van der Waals surface area contributed by atoms with Gasteiger partial charge in [0.15, 0.2) is 0 Å². The van der Waals surface area contributed by atoms with Gasteiger partial charge in [0, 0.05) is 17.0 Å². The van der Waals surface area contributed by atoms with Gasteiger partial charge in [0.05, 0.1) is 10.9 Å². The fourth-order valence-electron chi connectivity index (χ4n) is 1.30. The van der Waals surface area contributed by atoms with Crippen molar-refractivity contribution in [3.05, 3.63) is 21.3 Å². The molecule has 1 aromatic heterocycles. The van der Waals surface area contributed by atoms with Crippen LogP contribution in [0, 0.1) is 0 Å². The minimum Gasteiger partial charge on any atom is -0.395 e. The van der Waals surface area contributed by atoms with E-state index in [0.717, 1.165) is 10.8 Å². The van der Waals surface area contributed by atoms with Crippen LogP contribution < -0.4 is 5.32 Å². The molecule has 0 amide bonds. The first-order chi connectivity index (χ1) is 6.67. The van der Waals surface area contributed by atoms with Crippen LogP contribution >= 0.6 is 22.9 Å². The van der Waals surface area contributed by atoms with E-state index in [1.54, 1.807) is 11.3 Å². The van der Waals surface area contributed by atoms with E-state index in [9.17, 15) is 0 Å². The van der Waals surface area contributed by atoms with Gasteiger partial charge < -0.3 is 10.4 Å². The highest BCUT2D eigenvalue weighted by molar-refractivity contribution is 7.16. The van der Waals surface area contributed by atoms with Gasteiger partial charge in [-0.2, -0.15) is 0 Å². The Balaban J connectivity index is 2.53. The number of thiophene rings is 1. The van der Waals surface area contributed by atoms with E-state index < -0.39 is 0 Å². The zero-order valence-corrected chi connectivity index (χ0v) is 10.0. The third kappa shape index (κ3) is 3.24. The van der Waals surface area contributed by atoms with Gasteiger partial charge in [-0.1, -0.05) is 18.5 Å². The maximum Gasteiger partial charge on any atom is 0.0931 e. The molecule has 2 atom stereocenters. The summed E-state index contributed by atoms with van der Waals surface area (Å²) in [5.74, 6) is 0. The number of nitrogens with one attached hydrogen (secondary N) is 1. The SMILES string of the molecule is CC[C@H](CO)N[C@@H](C)c1ccc(Cl)s1. The van der Waals surface area contributed by atoms with E-state index in [-0.39, 0.29) is 18.7 Å². The lowest BCUT2D eigenvalue weighted by Gasteiger charge is -2.19. The molecular weight excluding hydrogens is 218 g/mol. The van der Waals surface area contributed by atoms with Gasteiger partial charge in [-0.05, 0) is 25.5 Å². The third-order valence-corrected chi connectivity index (χ3v) is 3.63. The first kappa shape index (κ1) is 12.0. The molecule has 1 rings (SSSR count). The van der Waals surface area contributed by atoms with Crippen LogP contribution in [0.25, 0.3) is 0 Å². The van der Waals surface area contributed by atoms with Gasteiger partial charge >= 0.3 is 0 Å². The largest absolute Gasteiger partial charge is 0.395 e. The molecule has 4 heteroatoms. The Kier molecular flexibility index (Phi) is 4.89. The Hall–Kier alpha value is -0.0900. The summed E-state index contributed by atoms with van der Waals surface area (Å²) in [6, 6.07) is 4.35. The van der Waals surface area contributed by atoms with Gasteiger partial charge in [0.1, 0.15) is 0 Å². The maximum atomic E-state index is 9.04. The minimum atomic E-state index is 0.172. The molecule has 0 bridgehead atoms. The van der Waals surface area contributed by atoms with Crippen LogP contribution in [0.5, 0.6) is 0 Å². The summed E-state index contributed by atoms with van der Waals surface area (Å²) in [7, 11) is 0. The predicted molar refractivity (Wildman–Crippen MR) is 62.0 cm³/mol. The summed E-state index contributed by atoms with van der Waals surface area (Å²) in [6.45, 7) is 4.32. The van der Waals surface area contributed by atoms with Crippen molar-refractivity contribution in [1.29, 1.82) is 0 Å². The van der Waals surface area contributed by atoms with E-state index in [2.05, 4.69) is 19.2 Å². The lowest BCUT2D eigenvalue weighted by Crippen LogP contribution is -2.33. The van der Waals surface area contributed by atoms with Crippen LogP contribution in [0.2, 0.25) is 4.34 Å². The van der Waals surface area contributed by atoms with E-state index in [1.807, 2.05) is 12.1 Å². The van der Waals surface area contributed by atoms with Gasteiger partial charge in [-0.3, -0.25) is 0 Å². The van der Waals surface area contributed by atoms with Crippen LogP contribution in [0.3, 0.4) is 0 Å². The molecule has 2 N–H and O–H groups in total. The van der Waals surface area contributed by atoms with Crippen molar-refractivity contribution in [1.82, 2.24) is 5.32 Å². The van der Waals surface area contributed by atoms with Crippen LogP contribution in [-0.2, 0) is 0 Å². The van der Waals surface area contributed by atoms with Crippen molar-refractivity contribution in [2.75, 3.05) is 6.61 Å². The van der Waals surface area contributed by atoms with Crippen LogP contribution in [0.1, 0.15) is 31.2 Å². The lowest BCUT2D eigenvalue weighted by molar-refractivity contribution is 0.230. The molecule has 0 unspecified atom stereocenters. The minimum absolute atomic E-state index is 0.172. The predicted octanol–water partition coefficient (Wildman–Crippen LogP) is 2.82. The summed E-state index contributed by atoms with van der Waals surface area (Å²) in [6.07, 6.45) is 0.931. The van der Waals surface area contributed by atoms with E-state index in [0.29, 0.717) is 0 Å². The normalized spacial score (nSPS) is 15.4. The summed E-state index contributed by atoms with van der Waals surface area (Å²) >= 11 is 7.43. The van der Waals surface area contributed by atoms with Crippen LogP contribution in [0.4, 0.5) is 0 Å². The topological polar surface area (TPSA) is 32.3 Å².